The Bertz CT molecular complexity index is 984. The van der Waals surface area contributed by atoms with Crippen molar-refractivity contribution in [1.82, 2.24) is 5.32 Å². The van der Waals surface area contributed by atoms with Crippen LogP contribution in [0.2, 0.25) is 0 Å². The Morgan fingerprint density at radius 2 is 1.71 bits per heavy atom. The number of phenolic OH excluding ortho intramolecular Hbond substituents is 1. The number of ether oxygens (including phenoxy) is 1. The Morgan fingerprint density at radius 3 is 2.39 bits per heavy atom. The molecule has 0 spiro atoms. The van der Waals surface area contributed by atoms with E-state index in [0.717, 1.165) is 28.2 Å². The highest BCUT2D eigenvalue weighted by Crippen LogP contribution is 2.34. The first-order chi connectivity index (χ1) is 13.6. The number of methoxy groups -OCH3 is 1. The summed E-state index contributed by atoms with van der Waals surface area (Å²) in [7, 11) is 1.63. The van der Waals surface area contributed by atoms with Crippen LogP contribution in [0.25, 0.3) is 0 Å². The van der Waals surface area contributed by atoms with Crippen molar-refractivity contribution in [2.45, 2.75) is 18.6 Å². The van der Waals surface area contributed by atoms with Gasteiger partial charge in [-0.1, -0.05) is 30.3 Å². The number of rotatable bonds is 4. The minimum absolute atomic E-state index is 0.120. The van der Waals surface area contributed by atoms with Crippen molar-refractivity contribution in [3.8, 4) is 11.5 Å². The highest BCUT2D eigenvalue weighted by Gasteiger charge is 2.27. The summed E-state index contributed by atoms with van der Waals surface area (Å²) in [6.07, 6.45) is 0.290. The van der Waals surface area contributed by atoms with Crippen LogP contribution in [-0.4, -0.2) is 17.9 Å². The second kappa shape index (κ2) is 7.82. The number of halogens is 1. The highest BCUT2D eigenvalue weighted by atomic mass is 19.1. The summed E-state index contributed by atoms with van der Waals surface area (Å²) in [5.41, 5.74) is 3.60. The van der Waals surface area contributed by atoms with E-state index in [0.29, 0.717) is 6.42 Å². The molecule has 0 aliphatic carbocycles. The van der Waals surface area contributed by atoms with Crippen molar-refractivity contribution in [3.63, 3.8) is 0 Å². The third-order valence-corrected chi connectivity index (χ3v) is 4.96. The first-order valence-electron chi connectivity index (χ1n) is 9.14. The Labute approximate surface area is 163 Å². The number of hydrogen-bond donors (Lipinski definition) is 2. The predicted molar refractivity (Wildman–Crippen MR) is 107 cm³/mol. The van der Waals surface area contributed by atoms with Gasteiger partial charge in [0.1, 0.15) is 23.5 Å². The van der Waals surface area contributed by atoms with E-state index < -0.39 is 0 Å². The smallest absolute Gasteiger partial charge is 0.126 e. The van der Waals surface area contributed by atoms with Gasteiger partial charge in [-0.15, -0.1) is 0 Å². The van der Waals surface area contributed by atoms with Gasteiger partial charge < -0.3 is 9.84 Å². The fourth-order valence-corrected chi connectivity index (χ4v) is 3.46. The van der Waals surface area contributed by atoms with E-state index in [1.807, 2.05) is 36.4 Å². The van der Waals surface area contributed by atoms with Crippen LogP contribution in [0.1, 0.15) is 35.3 Å². The molecule has 1 aliphatic rings. The summed E-state index contributed by atoms with van der Waals surface area (Å²) in [6.45, 7) is 0. The molecule has 4 nitrogen and oxygen atoms in total. The lowest BCUT2D eigenvalue weighted by atomic mass is 9.93. The van der Waals surface area contributed by atoms with Gasteiger partial charge in [-0.2, -0.15) is 0 Å². The molecule has 3 aromatic rings. The van der Waals surface area contributed by atoms with Gasteiger partial charge in [0.2, 0.25) is 0 Å². The van der Waals surface area contributed by atoms with Gasteiger partial charge in [0.25, 0.3) is 0 Å². The fraction of sp³-hybridized carbons (Fsp3) is 0.174. The molecule has 2 N–H and O–H groups in total. The normalized spacial score (nSPS) is 19.1. The topological polar surface area (TPSA) is 53.8 Å². The second-order valence-electron chi connectivity index (χ2n) is 6.74. The van der Waals surface area contributed by atoms with E-state index in [1.165, 1.54) is 12.1 Å². The molecule has 4 rings (SSSR count). The van der Waals surface area contributed by atoms with Crippen molar-refractivity contribution >= 4 is 5.71 Å². The van der Waals surface area contributed by atoms with Crippen molar-refractivity contribution in [1.29, 1.82) is 0 Å². The molecule has 0 amide bonds. The lowest BCUT2D eigenvalue weighted by Crippen LogP contribution is -2.33. The summed E-state index contributed by atoms with van der Waals surface area (Å²) < 4.78 is 18.6. The van der Waals surface area contributed by atoms with E-state index in [-0.39, 0.29) is 23.8 Å². The van der Waals surface area contributed by atoms with Crippen LogP contribution in [0.15, 0.2) is 77.8 Å². The maximum atomic E-state index is 13.4. The predicted octanol–water partition coefficient (Wildman–Crippen LogP) is 4.76. The number of benzene rings is 3. The summed E-state index contributed by atoms with van der Waals surface area (Å²) in [4.78, 5) is 4.87. The zero-order valence-electron chi connectivity index (χ0n) is 15.5. The summed E-state index contributed by atoms with van der Waals surface area (Å²) in [6, 6.07) is 21.3. The Kier molecular flexibility index (Phi) is 5.08. The number of aromatic hydroxyl groups is 1. The van der Waals surface area contributed by atoms with Crippen molar-refractivity contribution in [2.75, 3.05) is 7.11 Å². The molecule has 3 aromatic carbocycles. The number of nitrogens with zero attached hydrogens (tertiary/aromatic N) is 1. The minimum Gasteiger partial charge on any atom is -0.508 e. The average Bonchev–Trinajstić information content (AvgIpc) is 2.74. The molecule has 0 radical (unpaired) electrons. The maximum Gasteiger partial charge on any atom is 0.126 e. The minimum atomic E-state index is -0.337. The van der Waals surface area contributed by atoms with E-state index >= 15 is 0 Å². The highest BCUT2D eigenvalue weighted by molar-refractivity contribution is 6.01. The standard InChI is InChI=1S/C23H21FN2O2/c1-28-18-12-8-15(9-13-18)20-14-21(19-4-2-3-5-22(19)27)26-23(25-20)16-6-10-17(24)11-7-16/h2-13,21,23,26-27H,14H2,1H3/t21-,23-/m0/s1. The quantitative estimate of drug-likeness (QED) is 0.690. The molecule has 0 aromatic heterocycles. The molecule has 1 aliphatic heterocycles. The number of phenols is 1. The van der Waals surface area contributed by atoms with Gasteiger partial charge in [0.15, 0.2) is 0 Å². The number of hydrogen-bond acceptors (Lipinski definition) is 4. The molecule has 0 bridgehead atoms. The van der Waals surface area contributed by atoms with Gasteiger partial charge in [-0.3, -0.25) is 10.3 Å². The van der Waals surface area contributed by atoms with Gasteiger partial charge in [0.05, 0.1) is 7.11 Å². The molecule has 0 saturated carbocycles. The number of para-hydroxylation sites is 1. The summed E-state index contributed by atoms with van der Waals surface area (Å²) >= 11 is 0. The monoisotopic (exact) mass is 376 g/mol. The molecular formula is C23H21FN2O2. The van der Waals surface area contributed by atoms with Gasteiger partial charge in [-0.25, -0.2) is 4.39 Å². The molecule has 0 fully saturated rings. The summed E-state index contributed by atoms with van der Waals surface area (Å²) in [5, 5.41) is 13.8. The van der Waals surface area contributed by atoms with Crippen LogP contribution in [-0.2, 0) is 0 Å². The van der Waals surface area contributed by atoms with Crippen LogP contribution in [0.3, 0.4) is 0 Å². The average molecular weight is 376 g/mol. The van der Waals surface area contributed by atoms with Crippen LogP contribution in [0.4, 0.5) is 4.39 Å². The van der Waals surface area contributed by atoms with Gasteiger partial charge >= 0.3 is 0 Å². The van der Waals surface area contributed by atoms with Crippen LogP contribution in [0, 0.1) is 5.82 Å². The molecule has 5 heteroatoms. The Morgan fingerprint density at radius 1 is 1.00 bits per heavy atom. The Balaban J connectivity index is 1.73. The van der Waals surface area contributed by atoms with Crippen molar-refractivity contribution in [3.05, 3.63) is 95.3 Å². The molecule has 142 valence electrons. The number of aliphatic imine (C=N–C) groups is 1. The van der Waals surface area contributed by atoms with Crippen molar-refractivity contribution < 1.29 is 14.2 Å². The zero-order chi connectivity index (χ0) is 19.5. The zero-order valence-corrected chi connectivity index (χ0v) is 15.5. The first-order valence-corrected chi connectivity index (χ1v) is 9.14. The largest absolute Gasteiger partial charge is 0.508 e. The lowest BCUT2D eigenvalue weighted by molar-refractivity contribution is 0.412. The van der Waals surface area contributed by atoms with Gasteiger partial charge in [-0.05, 0) is 53.6 Å². The third kappa shape index (κ3) is 3.75. The molecule has 0 saturated heterocycles. The maximum absolute atomic E-state index is 13.4. The van der Waals surface area contributed by atoms with E-state index in [1.54, 1.807) is 31.4 Å². The molecule has 0 unspecified atom stereocenters. The van der Waals surface area contributed by atoms with Crippen LogP contribution < -0.4 is 10.1 Å². The summed E-state index contributed by atoms with van der Waals surface area (Å²) in [5.74, 6) is 0.746. The van der Waals surface area contributed by atoms with E-state index in [4.69, 9.17) is 9.73 Å². The first kappa shape index (κ1) is 18.2. The van der Waals surface area contributed by atoms with Gasteiger partial charge in [0, 0.05) is 23.7 Å². The second-order valence-corrected chi connectivity index (χ2v) is 6.74. The molecule has 28 heavy (non-hydrogen) atoms. The molecular weight excluding hydrogens is 355 g/mol. The Hall–Kier alpha value is -3.18. The SMILES string of the molecule is COc1ccc(C2=N[C@H](c3ccc(F)cc3)N[C@H](c3ccccc3O)C2)cc1. The fourth-order valence-electron chi connectivity index (χ4n) is 3.46. The third-order valence-electron chi connectivity index (χ3n) is 4.96. The lowest BCUT2D eigenvalue weighted by Gasteiger charge is -2.31. The molecule has 2 atom stereocenters. The van der Waals surface area contributed by atoms with Crippen LogP contribution >= 0.6 is 0 Å². The van der Waals surface area contributed by atoms with Crippen LogP contribution in [0.5, 0.6) is 11.5 Å². The van der Waals surface area contributed by atoms with Crippen molar-refractivity contribution in [2.24, 2.45) is 4.99 Å². The number of nitrogens with one attached hydrogen (secondary N) is 1. The molecule has 1 heterocycles. The van der Waals surface area contributed by atoms with E-state index in [9.17, 15) is 9.50 Å². The van der Waals surface area contributed by atoms with E-state index in [2.05, 4.69) is 5.32 Å².